The molecule has 1 aromatic carbocycles. The molecule has 0 atom stereocenters. The maximum Gasteiger partial charge on any atom is 1.00 e. The Hall–Kier alpha value is -0.144. The van der Waals surface area contributed by atoms with Crippen LogP contribution in [0.2, 0.25) is 10.0 Å². The maximum atomic E-state index is 11.0. The van der Waals surface area contributed by atoms with Crippen molar-refractivity contribution in [3.63, 3.8) is 0 Å². The number of aromatic nitrogens is 1. The van der Waals surface area contributed by atoms with Gasteiger partial charge in [-0.05, 0) is 19.1 Å². The number of carbonyl (C=O) groups is 1. The molecule has 0 spiro atoms. The average molecular weight is 336 g/mol. The van der Waals surface area contributed by atoms with E-state index in [4.69, 9.17) is 27.9 Å². The smallest absolute Gasteiger partial charge is 0.545 e. The molecule has 0 aliphatic carbocycles. The molecule has 0 bridgehead atoms. The predicted octanol–water partition coefficient (Wildman–Crippen LogP) is -0.143. The molecule has 0 radical (unpaired) electrons. The molecule has 2 aromatic rings. The predicted molar refractivity (Wildman–Crippen MR) is 69.8 cm³/mol. The Morgan fingerprint density at radius 3 is 2.60 bits per heavy atom. The summed E-state index contributed by atoms with van der Waals surface area (Å²) < 4.78 is 5.49. The molecule has 1 heterocycles. The first kappa shape index (κ1) is 17.9. The van der Waals surface area contributed by atoms with Crippen LogP contribution in [0.4, 0.5) is 0 Å². The summed E-state index contributed by atoms with van der Waals surface area (Å²) in [5.41, 5.74) is 0.458. The van der Waals surface area contributed by atoms with Crippen LogP contribution in [-0.2, 0) is 0 Å². The number of carbonyl (C=O) groups excluding carboxylic acids is 1. The van der Waals surface area contributed by atoms with Crippen LogP contribution in [0.25, 0.3) is 0 Å². The number of hydrogen-bond acceptors (Lipinski definition) is 4. The summed E-state index contributed by atoms with van der Waals surface area (Å²) in [7, 11) is 0. The van der Waals surface area contributed by atoms with Crippen LogP contribution in [0.5, 0.6) is 11.5 Å². The number of halogens is 2. The van der Waals surface area contributed by atoms with Crippen molar-refractivity contribution in [2.75, 3.05) is 0 Å². The van der Waals surface area contributed by atoms with Crippen molar-refractivity contribution in [2.45, 2.75) is 6.92 Å². The fraction of sp³-hybridized carbons (Fsp3) is 0.0769. The number of rotatable bonds is 3. The fourth-order valence-corrected chi connectivity index (χ4v) is 1.76. The van der Waals surface area contributed by atoms with Crippen molar-refractivity contribution in [3.05, 3.63) is 51.8 Å². The summed E-state index contributed by atoms with van der Waals surface area (Å²) >= 11 is 11.8. The van der Waals surface area contributed by atoms with Gasteiger partial charge in [-0.25, -0.2) is 0 Å². The molecule has 1 aromatic heterocycles. The minimum absolute atomic E-state index is 0. The second-order valence-electron chi connectivity index (χ2n) is 3.79. The third-order valence-electron chi connectivity index (χ3n) is 2.34. The molecule has 4 nitrogen and oxygen atoms in total. The van der Waals surface area contributed by atoms with Gasteiger partial charge >= 0.3 is 51.4 Å². The summed E-state index contributed by atoms with van der Waals surface area (Å²) in [5.74, 6) is -1.00. The molecule has 0 N–H and O–H groups in total. The summed E-state index contributed by atoms with van der Waals surface area (Å²) in [6.07, 6.45) is 1.18. The maximum absolute atomic E-state index is 11.0. The molecule has 0 aliphatic heterocycles. The molecule has 20 heavy (non-hydrogen) atoms. The van der Waals surface area contributed by atoms with Gasteiger partial charge in [-0.15, -0.1) is 0 Å². The second kappa shape index (κ2) is 7.75. The van der Waals surface area contributed by atoms with Crippen LogP contribution < -0.4 is 61.2 Å². The van der Waals surface area contributed by atoms with Gasteiger partial charge in [-0.3, -0.25) is 4.98 Å². The molecule has 2 rings (SSSR count). The van der Waals surface area contributed by atoms with Crippen molar-refractivity contribution in [1.29, 1.82) is 0 Å². The van der Waals surface area contributed by atoms with Crippen molar-refractivity contribution in [3.8, 4) is 11.5 Å². The number of aryl methyl sites for hydroxylation is 1. The molecular weight excluding hydrogens is 328 g/mol. The third kappa shape index (κ3) is 4.43. The van der Waals surface area contributed by atoms with Crippen LogP contribution >= 0.6 is 23.2 Å². The number of benzene rings is 1. The van der Waals surface area contributed by atoms with E-state index in [9.17, 15) is 9.90 Å². The molecule has 0 saturated heterocycles. The Morgan fingerprint density at radius 2 is 1.95 bits per heavy atom. The Kier molecular flexibility index (Phi) is 6.94. The zero-order valence-electron chi connectivity index (χ0n) is 10.8. The first-order valence-electron chi connectivity index (χ1n) is 5.28. The number of carboxylic acids is 1. The molecule has 0 fully saturated rings. The van der Waals surface area contributed by atoms with Gasteiger partial charge in [-0.2, -0.15) is 0 Å². The number of hydrogen-bond donors (Lipinski definition) is 0. The van der Waals surface area contributed by atoms with Gasteiger partial charge in [0.15, 0.2) is 0 Å². The first-order valence-corrected chi connectivity index (χ1v) is 6.04. The van der Waals surface area contributed by atoms with E-state index in [-0.39, 0.29) is 68.4 Å². The molecule has 98 valence electrons. The van der Waals surface area contributed by atoms with E-state index < -0.39 is 5.97 Å². The molecule has 0 unspecified atom stereocenters. The minimum atomic E-state index is -1.37. The third-order valence-corrected chi connectivity index (χ3v) is 2.88. The van der Waals surface area contributed by atoms with E-state index in [2.05, 4.69) is 4.98 Å². The molecule has 0 aliphatic rings. The number of pyridine rings is 1. The van der Waals surface area contributed by atoms with Crippen LogP contribution in [-0.4, -0.2) is 11.0 Å². The summed E-state index contributed by atoms with van der Waals surface area (Å²) in [5, 5.41) is 11.7. The van der Waals surface area contributed by atoms with Gasteiger partial charge in [0, 0.05) is 29.0 Å². The van der Waals surface area contributed by atoms with Crippen molar-refractivity contribution >= 4 is 29.2 Å². The average Bonchev–Trinajstić information content (AvgIpc) is 2.33. The van der Waals surface area contributed by atoms with Gasteiger partial charge in [0.1, 0.15) is 11.5 Å². The Morgan fingerprint density at radius 1 is 1.25 bits per heavy atom. The minimum Gasteiger partial charge on any atom is -0.545 e. The number of aromatic carboxylic acids is 1. The number of carboxylic acid groups (broad SMARTS) is 1. The van der Waals surface area contributed by atoms with E-state index in [1.54, 1.807) is 19.1 Å². The number of ether oxygens (including phenoxy) is 1. The second-order valence-corrected chi connectivity index (χ2v) is 4.63. The first-order chi connectivity index (χ1) is 8.97. The van der Waals surface area contributed by atoms with Gasteiger partial charge in [0.05, 0.1) is 16.6 Å². The van der Waals surface area contributed by atoms with E-state index in [1.165, 1.54) is 18.3 Å². The van der Waals surface area contributed by atoms with E-state index in [0.717, 1.165) is 0 Å². The van der Waals surface area contributed by atoms with Gasteiger partial charge < -0.3 is 14.6 Å². The quantitative estimate of drug-likeness (QED) is 0.732. The van der Waals surface area contributed by atoms with E-state index in [0.29, 0.717) is 15.7 Å². The fourth-order valence-electron chi connectivity index (χ4n) is 1.45. The van der Waals surface area contributed by atoms with Crippen LogP contribution in [0.1, 0.15) is 16.1 Å². The van der Waals surface area contributed by atoms with Crippen molar-refractivity contribution < 1.29 is 66.0 Å². The standard InChI is InChI=1S/C13H9Cl2NO3.K/c1-7-4-11(9(6-16-7)13(17)18)19-12-5-8(14)2-3-10(12)15;/h2-6H,1H3,(H,17,18);/q;+1/p-1. The van der Waals surface area contributed by atoms with Gasteiger partial charge in [-0.1, -0.05) is 23.2 Å². The normalized spacial score (nSPS) is 9.75. The topological polar surface area (TPSA) is 62.2 Å². The van der Waals surface area contributed by atoms with E-state index in [1.807, 2.05) is 0 Å². The largest absolute Gasteiger partial charge is 1.00 e. The number of nitrogens with zero attached hydrogens (tertiary/aromatic N) is 1. The van der Waals surface area contributed by atoms with Crippen molar-refractivity contribution in [1.82, 2.24) is 4.98 Å². The van der Waals surface area contributed by atoms with Crippen LogP contribution in [0, 0.1) is 6.92 Å². The Bertz CT molecular complexity index is 650. The summed E-state index contributed by atoms with van der Waals surface area (Å²) in [6, 6.07) is 6.15. The summed E-state index contributed by atoms with van der Waals surface area (Å²) in [6.45, 7) is 1.71. The van der Waals surface area contributed by atoms with Gasteiger partial charge in [0.25, 0.3) is 0 Å². The van der Waals surface area contributed by atoms with Crippen LogP contribution in [0.3, 0.4) is 0 Å². The zero-order chi connectivity index (χ0) is 14.0. The molecule has 7 heteroatoms. The Labute approximate surface area is 168 Å². The Balaban J connectivity index is 0.00000200. The summed E-state index contributed by atoms with van der Waals surface area (Å²) in [4.78, 5) is 14.9. The van der Waals surface area contributed by atoms with Crippen LogP contribution in [0.15, 0.2) is 30.5 Å². The SMILES string of the molecule is Cc1cc(Oc2cc(Cl)ccc2Cl)c(C(=O)[O-])cn1.[K+]. The monoisotopic (exact) mass is 335 g/mol. The molecule has 0 saturated carbocycles. The van der Waals surface area contributed by atoms with Gasteiger partial charge in [0.2, 0.25) is 0 Å². The molecule has 0 amide bonds. The zero-order valence-corrected chi connectivity index (χ0v) is 15.4. The van der Waals surface area contributed by atoms with Crippen molar-refractivity contribution in [2.24, 2.45) is 0 Å². The molecular formula is C13H8Cl2KNO3. The van der Waals surface area contributed by atoms with E-state index >= 15 is 0 Å².